The second-order valence-electron chi connectivity index (χ2n) is 6.17. The van der Waals surface area contributed by atoms with Gasteiger partial charge in [-0.2, -0.15) is 0 Å². The largest absolute Gasteiger partial charge is 0.545 e. The molecule has 134 valence electrons. The fourth-order valence-corrected chi connectivity index (χ4v) is 2.66. The van der Waals surface area contributed by atoms with E-state index in [9.17, 15) is 19.5 Å². The fraction of sp³-hybridized carbons (Fsp3) is 0.421. The summed E-state index contributed by atoms with van der Waals surface area (Å²) in [4.78, 5) is 35.7. The van der Waals surface area contributed by atoms with E-state index in [1.165, 1.54) is 24.3 Å². The molecule has 1 amide bonds. The number of hydrogen-bond acceptors (Lipinski definition) is 5. The molecule has 0 fully saturated rings. The first-order valence-corrected chi connectivity index (χ1v) is 8.40. The van der Waals surface area contributed by atoms with Crippen molar-refractivity contribution in [2.75, 3.05) is 5.32 Å². The molecule has 3 atom stereocenters. The number of nitrogens with one attached hydrogen (secondary N) is 1. The Balaban J connectivity index is 2.06. The van der Waals surface area contributed by atoms with E-state index >= 15 is 0 Å². The highest BCUT2D eigenvalue weighted by atomic mass is 16.5. The van der Waals surface area contributed by atoms with Crippen LogP contribution in [-0.2, 0) is 14.3 Å². The van der Waals surface area contributed by atoms with Crippen LogP contribution in [0.25, 0.3) is 0 Å². The number of amides is 1. The van der Waals surface area contributed by atoms with Crippen LogP contribution >= 0.6 is 0 Å². The Morgan fingerprint density at radius 1 is 1.16 bits per heavy atom. The number of carbonyl (C=O) groups excluding carboxylic acids is 3. The summed E-state index contributed by atoms with van der Waals surface area (Å²) in [6, 6.07) is 5.71. The number of hydrogen-bond donors (Lipinski definition) is 1. The van der Waals surface area contributed by atoms with Crippen molar-refractivity contribution in [3.8, 4) is 0 Å². The molecule has 2 rings (SSSR count). The summed E-state index contributed by atoms with van der Waals surface area (Å²) in [5.74, 6) is -2.94. The number of benzene rings is 1. The van der Waals surface area contributed by atoms with E-state index in [4.69, 9.17) is 4.74 Å². The monoisotopic (exact) mass is 344 g/mol. The molecule has 0 heterocycles. The highest BCUT2D eigenvalue weighted by Crippen LogP contribution is 2.28. The molecule has 6 nitrogen and oxygen atoms in total. The summed E-state index contributed by atoms with van der Waals surface area (Å²) in [5, 5.41) is 13.5. The second kappa shape index (κ2) is 8.46. The number of rotatable bonds is 6. The fourth-order valence-electron chi connectivity index (χ4n) is 2.66. The Labute approximate surface area is 146 Å². The van der Waals surface area contributed by atoms with E-state index in [-0.39, 0.29) is 23.5 Å². The molecule has 6 heteroatoms. The molecule has 1 aliphatic carbocycles. The van der Waals surface area contributed by atoms with Gasteiger partial charge in [-0.1, -0.05) is 31.2 Å². The summed E-state index contributed by atoms with van der Waals surface area (Å²) >= 11 is 0. The summed E-state index contributed by atoms with van der Waals surface area (Å²) in [7, 11) is 0. The van der Waals surface area contributed by atoms with Gasteiger partial charge in [-0.3, -0.25) is 9.59 Å². The van der Waals surface area contributed by atoms with Crippen LogP contribution in [0.1, 0.15) is 43.5 Å². The minimum Gasteiger partial charge on any atom is -0.545 e. The zero-order chi connectivity index (χ0) is 18.4. The molecule has 0 bridgehead atoms. The molecular weight excluding hydrogens is 322 g/mol. The first kappa shape index (κ1) is 18.7. The number of carbonyl (C=O) groups is 3. The molecule has 1 aromatic rings. The predicted molar refractivity (Wildman–Crippen MR) is 90.6 cm³/mol. The lowest BCUT2D eigenvalue weighted by molar-refractivity contribution is -0.255. The van der Waals surface area contributed by atoms with Gasteiger partial charge in [-0.05, 0) is 43.9 Å². The summed E-state index contributed by atoms with van der Waals surface area (Å²) in [6.07, 6.45) is 5.24. The Kier molecular flexibility index (Phi) is 6.33. The third-order valence-electron chi connectivity index (χ3n) is 4.35. The Morgan fingerprint density at radius 3 is 2.32 bits per heavy atom. The van der Waals surface area contributed by atoms with Crippen LogP contribution in [0.4, 0.5) is 5.69 Å². The number of ether oxygens (including phenoxy) is 1. The average molecular weight is 344 g/mol. The van der Waals surface area contributed by atoms with Gasteiger partial charge in [0.25, 0.3) is 0 Å². The topological polar surface area (TPSA) is 95.5 Å². The van der Waals surface area contributed by atoms with Crippen molar-refractivity contribution in [3.05, 3.63) is 42.0 Å². The highest BCUT2D eigenvalue weighted by molar-refractivity contribution is 5.96. The van der Waals surface area contributed by atoms with E-state index < -0.39 is 17.8 Å². The van der Waals surface area contributed by atoms with E-state index in [1.807, 2.05) is 26.0 Å². The van der Waals surface area contributed by atoms with Gasteiger partial charge >= 0.3 is 5.97 Å². The van der Waals surface area contributed by atoms with Crippen molar-refractivity contribution in [1.82, 2.24) is 0 Å². The Bertz CT molecular complexity index is 665. The Hall–Kier alpha value is -2.63. The summed E-state index contributed by atoms with van der Waals surface area (Å²) < 4.78 is 5.39. The Morgan fingerprint density at radius 2 is 1.76 bits per heavy atom. The van der Waals surface area contributed by atoms with E-state index in [0.717, 1.165) is 6.42 Å². The maximum absolute atomic E-state index is 12.6. The quantitative estimate of drug-likeness (QED) is 0.628. The van der Waals surface area contributed by atoms with Gasteiger partial charge in [0, 0.05) is 5.69 Å². The second-order valence-corrected chi connectivity index (χ2v) is 6.17. The van der Waals surface area contributed by atoms with Crippen molar-refractivity contribution in [2.45, 2.75) is 39.2 Å². The standard InChI is InChI=1S/C19H23NO5/c1-3-12(2)25-19(24)16-7-5-4-6-15(16)17(21)20-14-10-8-13(9-11-14)18(22)23/h4-5,8-12,15-16H,3,6-7H2,1-2H3,(H,20,21)(H,22,23)/p-1/t12-,15+,16+/m1/s1. The highest BCUT2D eigenvalue weighted by Gasteiger charge is 2.35. The summed E-state index contributed by atoms with van der Waals surface area (Å²) in [6.45, 7) is 3.75. The molecule has 25 heavy (non-hydrogen) atoms. The van der Waals surface area contributed by atoms with Gasteiger partial charge in [0.1, 0.15) is 0 Å². The predicted octanol–water partition coefficient (Wildman–Crippen LogP) is 1.91. The van der Waals surface area contributed by atoms with Crippen LogP contribution in [0.5, 0.6) is 0 Å². The maximum atomic E-state index is 12.6. The van der Waals surface area contributed by atoms with Crippen molar-refractivity contribution in [2.24, 2.45) is 11.8 Å². The van der Waals surface area contributed by atoms with Crippen molar-refractivity contribution >= 4 is 23.5 Å². The lowest BCUT2D eigenvalue weighted by atomic mass is 9.82. The average Bonchev–Trinajstić information content (AvgIpc) is 2.61. The first-order valence-electron chi connectivity index (χ1n) is 8.40. The molecule has 0 aromatic heterocycles. The first-order chi connectivity index (χ1) is 11.9. The van der Waals surface area contributed by atoms with Crippen LogP contribution in [0.15, 0.2) is 36.4 Å². The SMILES string of the molecule is CC[C@@H](C)OC(=O)[C@H]1CC=CC[C@@H]1C(=O)Nc1ccc(C(=O)[O-])cc1. The van der Waals surface area contributed by atoms with Gasteiger partial charge in [0.2, 0.25) is 5.91 Å². The number of carboxylic acids is 1. The molecule has 0 saturated carbocycles. The summed E-state index contributed by atoms with van der Waals surface area (Å²) in [5.41, 5.74) is 0.507. The number of anilines is 1. The smallest absolute Gasteiger partial charge is 0.310 e. The van der Waals surface area contributed by atoms with Crippen molar-refractivity contribution in [3.63, 3.8) is 0 Å². The van der Waals surface area contributed by atoms with Crippen LogP contribution < -0.4 is 10.4 Å². The molecule has 0 radical (unpaired) electrons. The molecule has 1 aliphatic rings. The maximum Gasteiger partial charge on any atom is 0.310 e. The van der Waals surface area contributed by atoms with Crippen LogP contribution in [0.3, 0.4) is 0 Å². The number of aromatic carboxylic acids is 1. The molecule has 0 spiro atoms. The molecule has 1 aromatic carbocycles. The number of esters is 1. The zero-order valence-corrected chi connectivity index (χ0v) is 14.4. The lowest BCUT2D eigenvalue weighted by Gasteiger charge is -2.27. The van der Waals surface area contributed by atoms with Crippen LogP contribution in [-0.4, -0.2) is 23.9 Å². The van der Waals surface area contributed by atoms with Crippen LogP contribution in [0, 0.1) is 11.8 Å². The molecule has 1 N–H and O–H groups in total. The number of carboxylic acid groups (broad SMARTS) is 1. The number of allylic oxidation sites excluding steroid dienone is 2. The molecule has 0 saturated heterocycles. The van der Waals surface area contributed by atoms with Gasteiger partial charge < -0.3 is 20.0 Å². The normalized spacial score (nSPS) is 20.6. The third kappa shape index (κ3) is 4.92. The molecular formula is C19H22NO5-. The van der Waals surface area contributed by atoms with Gasteiger partial charge in [0.05, 0.1) is 23.9 Å². The zero-order valence-electron chi connectivity index (χ0n) is 14.4. The third-order valence-corrected chi connectivity index (χ3v) is 4.35. The van der Waals surface area contributed by atoms with Crippen molar-refractivity contribution < 1.29 is 24.2 Å². The molecule has 0 aliphatic heterocycles. The van der Waals surface area contributed by atoms with E-state index in [2.05, 4.69) is 5.32 Å². The van der Waals surface area contributed by atoms with E-state index in [0.29, 0.717) is 18.5 Å². The van der Waals surface area contributed by atoms with Gasteiger partial charge in [0.15, 0.2) is 0 Å². The van der Waals surface area contributed by atoms with E-state index in [1.54, 1.807) is 0 Å². The van der Waals surface area contributed by atoms with Crippen molar-refractivity contribution in [1.29, 1.82) is 0 Å². The lowest BCUT2D eigenvalue weighted by Crippen LogP contribution is -2.36. The minimum atomic E-state index is -1.27. The van der Waals surface area contributed by atoms with Gasteiger partial charge in [-0.15, -0.1) is 0 Å². The van der Waals surface area contributed by atoms with Gasteiger partial charge in [-0.25, -0.2) is 0 Å². The minimum absolute atomic E-state index is 0.0357. The van der Waals surface area contributed by atoms with Crippen LogP contribution in [0.2, 0.25) is 0 Å². The molecule has 0 unspecified atom stereocenters.